The highest BCUT2D eigenvalue weighted by Crippen LogP contribution is 1.94. The van der Waals surface area contributed by atoms with Crippen LogP contribution in [0.4, 0.5) is 0 Å². The Balaban J connectivity index is 1.99. The summed E-state index contributed by atoms with van der Waals surface area (Å²) >= 11 is 0. The van der Waals surface area contributed by atoms with Gasteiger partial charge in [-0.2, -0.15) is 0 Å². The van der Waals surface area contributed by atoms with E-state index in [0.29, 0.717) is 12.2 Å². The van der Waals surface area contributed by atoms with Crippen LogP contribution in [-0.4, -0.2) is 40.2 Å². The second-order valence-electron chi connectivity index (χ2n) is 4.18. The number of rotatable bonds is 6. The molecule has 2 aromatic heterocycles. The molecule has 0 spiro atoms. The molecule has 0 aromatic carbocycles. The Hall–Kier alpha value is -2.15. The van der Waals surface area contributed by atoms with Crippen LogP contribution < -0.4 is 16.3 Å². The van der Waals surface area contributed by atoms with Gasteiger partial charge in [0.1, 0.15) is 6.54 Å². The van der Waals surface area contributed by atoms with Crippen molar-refractivity contribution in [3.63, 3.8) is 0 Å². The van der Waals surface area contributed by atoms with Crippen molar-refractivity contribution in [2.45, 2.75) is 13.0 Å². The Morgan fingerprint density at radius 3 is 2.95 bits per heavy atom. The molecule has 7 nitrogen and oxygen atoms in total. The highest BCUT2D eigenvalue weighted by molar-refractivity contribution is 5.75. The molecule has 2 N–H and O–H groups in total. The highest BCUT2D eigenvalue weighted by atomic mass is 16.2. The number of nitrogens with one attached hydrogen (secondary N) is 2. The number of pyridine rings is 1. The lowest BCUT2D eigenvalue weighted by molar-refractivity contribution is -0.121. The first-order valence-corrected chi connectivity index (χ1v) is 6.18. The Morgan fingerprint density at radius 1 is 1.37 bits per heavy atom. The lowest BCUT2D eigenvalue weighted by Gasteiger charge is -2.03. The third-order valence-corrected chi connectivity index (χ3v) is 2.71. The molecule has 2 heterocycles. The summed E-state index contributed by atoms with van der Waals surface area (Å²) in [6.45, 7) is 1.37. The first-order valence-electron chi connectivity index (χ1n) is 6.18. The Kier molecular flexibility index (Phi) is 4.30. The fourth-order valence-electron chi connectivity index (χ4n) is 1.76. The van der Waals surface area contributed by atoms with Crippen molar-refractivity contribution in [3.05, 3.63) is 34.9 Å². The molecule has 0 aliphatic heterocycles. The second kappa shape index (κ2) is 6.14. The van der Waals surface area contributed by atoms with Gasteiger partial charge in [-0.05, 0) is 32.1 Å². The molecular weight excluding hydrogens is 246 g/mol. The van der Waals surface area contributed by atoms with E-state index in [0.717, 1.165) is 13.0 Å². The van der Waals surface area contributed by atoms with E-state index < -0.39 is 0 Å². The number of fused-ring (bicyclic) bond motifs is 1. The topological polar surface area (TPSA) is 80.4 Å². The molecule has 0 unspecified atom stereocenters. The van der Waals surface area contributed by atoms with Gasteiger partial charge in [0.15, 0.2) is 5.65 Å². The van der Waals surface area contributed by atoms with Crippen molar-refractivity contribution >= 4 is 11.6 Å². The lowest BCUT2D eigenvalue weighted by atomic mass is 10.4. The summed E-state index contributed by atoms with van der Waals surface area (Å²) in [4.78, 5) is 23.6. The molecule has 0 saturated carbocycles. The first-order chi connectivity index (χ1) is 9.22. The van der Waals surface area contributed by atoms with Crippen molar-refractivity contribution in [1.82, 2.24) is 24.8 Å². The van der Waals surface area contributed by atoms with Crippen molar-refractivity contribution in [3.8, 4) is 0 Å². The minimum absolute atomic E-state index is 0.0555. The van der Waals surface area contributed by atoms with E-state index in [2.05, 4.69) is 15.7 Å². The standard InChI is InChI=1S/C12H17N5O2/c1-13-6-4-7-14-11(18)9-17-12(19)16-8-3-2-5-10(16)15-17/h2-3,5,8,13H,4,6-7,9H2,1H3,(H,14,18). The third-order valence-electron chi connectivity index (χ3n) is 2.71. The average molecular weight is 263 g/mol. The van der Waals surface area contributed by atoms with Gasteiger partial charge in [0.25, 0.3) is 0 Å². The monoisotopic (exact) mass is 263 g/mol. The van der Waals surface area contributed by atoms with E-state index in [1.807, 2.05) is 7.05 Å². The zero-order valence-corrected chi connectivity index (χ0v) is 10.8. The molecule has 0 saturated heterocycles. The van der Waals surface area contributed by atoms with Gasteiger partial charge in [0, 0.05) is 12.7 Å². The minimum Gasteiger partial charge on any atom is -0.354 e. The number of nitrogens with zero attached hydrogens (tertiary/aromatic N) is 3. The smallest absolute Gasteiger partial charge is 0.350 e. The van der Waals surface area contributed by atoms with Crippen LogP contribution in [0.25, 0.3) is 5.65 Å². The van der Waals surface area contributed by atoms with Crippen LogP contribution in [-0.2, 0) is 11.3 Å². The second-order valence-corrected chi connectivity index (χ2v) is 4.18. The maximum Gasteiger partial charge on any atom is 0.350 e. The van der Waals surface area contributed by atoms with Gasteiger partial charge in [-0.15, -0.1) is 5.10 Å². The van der Waals surface area contributed by atoms with Crippen LogP contribution in [0.15, 0.2) is 29.2 Å². The highest BCUT2D eigenvalue weighted by Gasteiger charge is 2.09. The molecular formula is C12H17N5O2. The fourth-order valence-corrected chi connectivity index (χ4v) is 1.76. The number of amides is 1. The van der Waals surface area contributed by atoms with Gasteiger partial charge in [-0.25, -0.2) is 9.48 Å². The van der Waals surface area contributed by atoms with E-state index >= 15 is 0 Å². The normalized spacial score (nSPS) is 10.8. The number of hydrogen-bond donors (Lipinski definition) is 2. The Bertz CT molecular complexity index is 616. The van der Waals surface area contributed by atoms with E-state index in [-0.39, 0.29) is 18.1 Å². The summed E-state index contributed by atoms with van der Waals surface area (Å²) in [7, 11) is 1.86. The Morgan fingerprint density at radius 2 is 2.21 bits per heavy atom. The molecule has 7 heteroatoms. The van der Waals surface area contributed by atoms with Gasteiger partial charge in [-0.3, -0.25) is 9.20 Å². The summed E-state index contributed by atoms with van der Waals surface area (Å²) < 4.78 is 2.58. The predicted octanol–water partition coefficient (Wildman–Crippen LogP) is -0.778. The summed E-state index contributed by atoms with van der Waals surface area (Å²) in [6.07, 6.45) is 2.48. The number of hydrogen-bond acceptors (Lipinski definition) is 4. The zero-order chi connectivity index (χ0) is 13.7. The number of carbonyl (C=O) groups excluding carboxylic acids is 1. The van der Waals surface area contributed by atoms with E-state index in [1.54, 1.807) is 24.4 Å². The van der Waals surface area contributed by atoms with Crippen LogP contribution in [0.1, 0.15) is 6.42 Å². The van der Waals surface area contributed by atoms with Gasteiger partial charge in [-0.1, -0.05) is 6.07 Å². The van der Waals surface area contributed by atoms with Crippen LogP contribution in [0.3, 0.4) is 0 Å². The van der Waals surface area contributed by atoms with Crippen LogP contribution in [0, 0.1) is 0 Å². The molecule has 2 aromatic rings. The average Bonchev–Trinajstić information content (AvgIpc) is 2.72. The van der Waals surface area contributed by atoms with Crippen molar-refractivity contribution in [2.75, 3.05) is 20.1 Å². The summed E-state index contributed by atoms with van der Waals surface area (Å²) in [6, 6.07) is 5.27. The molecule has 102 valence electrons. The summed E-state index contributed by atoms with van der Waals surface area (Å²) in [5.41, 5.74) is 0.233. The SMILES string of the molecule is CNCCCNC(=O)Cn1nc2ccccn2c1=O. The maximum absolute atomic E-state index is 11.9. The molecule has 0 radical (unpaired) electrons. The van der Waals surface area contributed by atoms with Crippen molar-refractivity contribution in [2.24, 2.45) is 0 Å². The third kappa shape index (κ3) is 3.19. The van der Waals surface area contributed by atoms with Gasteiger partial charge < -0.3 is 10.6 Å². The Labute approximate surface area is 110 Å². The van der Waals surface area contributed by atoms with Crippen LogP contribution in [0.5, 0.6) is 0 Å². The van der Waals surface area contributed by atoms with Crippen LogP contribution in [0.2, 0.25) is 0 Å². The lowest BCUT2D eigenvalue weighted by Crippen LogP contribution is -2.33. The van der Waals surface area contributed by atoms with Crippen molar-refractivity contribution < 1.29 is 4.79 Å². The van der Waals surface area contributed by atoms with Crippen LogP contribution >= 0.6 is 0 Å². The number of carbonyl (C=O) groups is 1. The van der Waals surface area contributed by atoms with E-state index in [4.69, 9.17) is 0 Å². The molecule has 19 heavy (non-hydrogen) atoms. The first kappa shape index (κ1) is 13.3. The van der Waals surface area contributed by atoms with E-state index in [9.17, 15) is 9.59 Å². The molecule has 0 atom stereocenters. The van der Waals surface area contributed by atoms with Crippen molar-refractivity contribution in [1.29, 1.82) is 0 Å². The largest absolute Gasteiger partial charge is 0.354 e. The predicted molar refractivity (Wildman–Crippen MR) is 71.0 cm³/mol. The molecule has 1 amide bonds. The number of aromatic nitrogens is 3. The summed E-state index contributed by atoms with van der Waals surface area (Å²) in [5.74, 6) is -0.207. The molecule has 2 rings (SSSR count). The molecule has 0 fully saturated rings. The molecule has 0 bridgehead atoms. The molecule has 0 aliphatic rings. The minimum atomic E-state index is -0.305. The van der Waals surface area contributed by atoms with Gasteiger partial charge >= 0.3 is 5.69 Å². The fraction of sp³-hybridized carbons (Fsp3) is 0.417. The quantitative estimate of drug-likeness (QED) is 0.670. The molecule has 0 aliphatic carbocycles. The zero-order valence-electron chi connectivity index (χ0n) is 10.8. The maximum atomic E-state index is 11.9. The van der Waals surface area contributed by atoms with Gasteiger partial charge in [0.2, 0.25) is 5.91 Å². The van der Waals surface area contributed by atoms with Gasteiger partial charge in [0.05, 0.1) is 0 Å². The summed E-state index contributed by atoms with van der Waals surface area (Å²) in [5, 5.41) is 9.84. The van der Waals surface area contributed by atoms with E-state index in [1.165, 1.54) is 9.08 Å².